The molecule has 1 aromatic heterocycles. The van der Waals surface area contributed by atoms with Gasteiger partial charge >= 0.3 is 4.87 Å². The van der Waals surface area contributed by atoms with Gasteiger partial charge in [0.15, 0.2) is 5.78 Å². The molecule has 1 heterocycles. The molecule has 0 aliphatic carbocycles. The van der Waals surface area contributed by atoms with E-state index in [-0.39, 0.29) is 16.6 Å². The first-order valence-electron chi connectivity index (χ1n) is 5.66. The summed E-state index contributed by atoms with van der Waals surface area (Å²) in [6.07, 6.45) is 7.71. The van der Waals surface area contributed by atoms with Crippen molar-refractivity contribution >= 4 is 17.1 Å². The fraction of sp³-hybridized carbons (Fsp3) is 0.385. The van der Waals surface area contributed by atoms with Gasteiger partial charge in [0, 0.05) is 5.69 Å². The molecule has 4 heteroatoms. The molecule has 0 aliphatic heterocycles. The second-order valence-electron chi connectivity index (χ2n) is 3.82. The lowest BCUT2D eigenvalue weighted by molar-refractivity contribution is 0.104. The number of hydrogen-bond donors (Lipinski definition) is 1. The number of nitrogens with one attached hydrogen (secondary N) is 1. The van der Waals surface area contributed by atoms with E-state index in [9.17, 15) is 9.59 Å². The van der Waals surface area contributed by atoms with Crippen molar-refractivity contribution in [3.05, 3.63) is 44.5 Å². The Hall–Kier alpha value is -1.42. The summed E-state index contributed by atoms with van der Waals surface area (Å²) in [5, 5.41) is 0. The summed E-state index contributed by atoms with van der Waals surface area (Å²) in [4.78, 5) is 26.4. The molecule has 1 N–H and O–H groups in total. The van der Waals surface area contributed by atoms with Crippen molar-refractivity contribution in [1.29, 1.82) is 0 Å². The lowest BCUT2D eigenvalue weighted by atomic mass is 10.0. The van der Waals surface area contributed by atoms with Gasteiger partial charge in [-0.15, -0.1) is 0 Å². The standard InChI is InChI=1S/C13H17NO2S/c1-4-6-7-8-10(15)12-11(9(3)5-2)14-13(16)17-12/h4,6-9H,5H2,1-3H3,(H,14,16)/b6-4+,8-7+. The zero-order valence-electron chi connectivity index (χ0n) is 10.3. The first-order valence-corrected chi connectivity index (χ1v) is 6.48. The van der Waals surface area contributed by atoms with Crippen molar-refractivity contribution in [1.82, 2.24) is 4.98 Å². The van der Waals surface area contributed by atoms with Crippen LogP contribution in [0.1, 0.15) is 48.5 Å². The molecule has 0 amide bonds. The van der Waals surface area contributed by atoms with Crippen LogP contribution in [-0.4, -0.2) is 10.8 Å². The molecule has 0 aliphatic rings. The Bertz CT molecular complexity index is 494. The smallest absolute Gasteiger partial charge is 0.305 e. The normalized spacial score (nSPS) is 13.6. The summed E-state index contributed by atoms with van der Waals surface area (Å²) in [5.74, 6) is 0.0877. The SMILES string of the molecule is C/C=C/C=C/C(=O)c1sc(=O)[nH]c1C(C)CC. The van der Waals surface area contributed by atoms with Gasteiger partial charge in [0.25, 0.3) is 0 Å². The minimum atomic E-state index is -0.164. The van der Waals surface area contributed by atoms with Gasteiger partial charge < -0.3 is 4.98 Å². The van der Waals surface area contributed by atoms with Gasteiger partial charge in [-0.1, -0.05) is 43.4 Å². The van der Waals surface area contributed by atoms with Crippen LogP contribution in [0.4, 0.5) is 0 Å². The van der Waals surface area contributed by atoms with E-state index in [2.05, 4.69) is 4.98 Å². The van der Waals surface area contributed by atoms with Crippen LogP contribution in [0.5, 0.6) is 0 Å². The van der Waals surface area contributed by atoms with Crippen LogP contribution in [0.2, 0.25) is 0 Å². The summed E-state index contributed by atoms with van der Waals surface area (Å²) in [5.41, 5.74) is 0.762. The van der Waals surface area contributed by atoms with E-state index in [4.69, 9.17) is 0 Å². The molecule has 0 fully saturated rings. The van der Waals surface area contributed by atoms with Crippen molar-refractivity contribution in [2.45, 2.75) is 33.1 Å². The van der Waals surface area contributed by atoms with Gasteiger partial charge in [0.05, 0.1) is 4.88 Å². The number of H-pyrrole nitrogens is 1. The van der Waals surface area contributed by atoms with Crippen LogP contribution < -0.4 is 4.87 Å². The van der Waals surface area contributed by atoms with Gasteiger partial charge in [-0.2, -0.15) is 0 Å². The Morgan fingerprint density at radius 3 is 2.76 bits per heavy atom. The van der Waals surface area contributed by atoms with Crippen LogP contribution in [0.15, 0.2) is 29.1 Å². The van der Waals surface area contributed by atoms with E-state index in [1.54, 1.807) is 12.2 Å². The van der Waals surface area contributed by atoms with Crippen molar-refractivity contribution < 1.29 is 4.79 Å². The van der Waals surface area contributed by atoms with E-state index < -0.39 is 0 Å². The topological polar surface area (TPSA) is 49.9 Å². The summed E-state index contributed by atoms with van der Waals surface area (Å²) >= 11 is 0.988. The molecule has 3 nitrogen and oxygen atoms in total. The fourth-order valence-electron chi connectivity index (χ4n) is 1.40. The van der Waals surface area contributed by atoms with E-state index in [0.717, 1.165) is 23.5 Å². The second-order valence-corrected chi connectivity index (χ2v) is 4.80. The van der Waals surface area contributed by atoms with Crippen LogP contribution in [-0.2, 0) is 0 Å². The highest BCUT2D eigenvalue weighted by Gasteiger charge is 2.17. The monoisotopic (exact) mass is 251 g/mol. The van der Waals surface area contributed by atoms with Crippen molar-refractivity contribution in [3.8, 4) is 0 Å². The van der Waals surface area contributed by atoms with Gasteiger partial charge in [-0.25, -0.2) is 0 Å². The molecule has 1 unspecified atom stereocenters. The molecule has 0 radical (unpaired) electrons. The minimum absolute atomic E-state index is 0.109. The van der Waals surface area contributed by atoms with Gasteiger partial charge in [-0.3, -0.25) is 9.59 Å². The number of ketones is 1. The maximum atomic E-state index is 11.9. The molecular weight excluding hydrogens is 234 g/mol. The highest BCUT2D eigenvalue weighted by atomic mass is 32.1. The molecular formula is C13H17NO2S. The van der Waals surface area contributed by atoms with Gasteiger partial charge in [0.2, 0.25) is 0 Å². The van der Waals surface area contributed by atoms with Crippen LogP contribution in [0.3, 0.4) is 0 Å². The Morgan fingerprint density at radius 2 is 2.18 bits per heavy atom. The minimum Gasteiger partial charge on any atom is -0.316 e. The zero-order chi connectivity index (χ0) is 12.8. The van der Waals surface area contributed by atoms with E-state index in [0.29, 0.717) is 4.88 Å². The third-order valence-corrected chi connectivity index (χ3v) is 3.47. The zero-order valence-corrected chi connectivity index (χ0v) is 11.1. The number of thiazole rings is 1. The fourth-order valence-corrected chi connectivity index (χ4v) is 2.28. The third kappa shape index (κ3) is 3.53. The average molecular weight is 251 g/mol. The molecule has 0 aromatic carbocycles. The molecule has 0 bridgehead atoms. The number of allylic oxidation sites excluding steroid dienone is 4. The Labute approximate surface area is 105 Å². The predicted octanol–water partition coefficient (Wildman–Crippen LogP) is 3.26. The van der Waals surface area contributed by atoms with E-state index in [1.165, 1.54) is 6.08 Å². The predicted molar refractivity (Wildman–Crippen MR) is 71.9 cm³/mol. The molecule has 1 aromatic rings. The number of hydrogen-bond acceptors (Lipinski definition) is 3. The maximum absolute atomic E-state index is 11.9. The molecule has 1 atom stereocenters. The highest BCUT2D eigenvalue weighted by Crippen LogP contribution is 2.22. The maximum Gasteiger partial charge on any atom is 0.305 e. The van der Waals surface area contributed by atoms with Gasteiger partial charge in [-0.05, 0) is 25.3 Å². The Kier molecular flexibility index (Phi) is 5.10. The molecule has 92 valence electrons. The Morgan fingerprint density at radius 1 is 1.47 bits per heavy atom. The molecule has 17 heavy (non-hydrogen) atoms. The third-order valence-electron chi connectivity index (χ3n) is 2.56. The summed E-state index contributed by atoms with van der Waals surface area (Å²) < 4.78 is 0. The largest absolute Gasteiger partial charge is 0.316 e. The van der Waals surface area contributed by atoms with Crippen LogP contribution in [0.25, 0.3) is 0 Å². The summed E-state index contributed by atoms with van der Waals surface area (Å²) in [6, 6.07) is 0. The lowest BCUT2D eigenvalue weighted by Gasteiger charge is -2.06. The number of carbonyl (C=O) groups is 1. The first kappa shape index (κ1) is 13.6. The Balaban J connectivity index is 3.04. The quantitative estimate of drug-likeness (QED) is 0.496. The van der Waals surface area contributed by atoms with E-state index in [1.807, 2.05) is 26.8 Å². The van der Waals surface area contributed by atoms with Crippen LogP contribution in [0, 0.1) is 0 Å². The molecule has 0 spiro atoms. The average Bonchev–Trinajstić information content (AvgIpc) is 2.70. The molecule has 0 saturated carbocycles. The summed E-state index contributed by atoms with van der Waals surface area (Å²) in [7, 11) is 0. The number of carbonyl (C=O) groups excluding carboxylic acids is 1. The van der Waals surface area contributed by atoms with Crippen LogP contribution >= 0.6 is 11.3 Å². The van der Waals surface area contributed by atoms with Crippen molar-refractivity contribution in [2.75, 3.05) is 0 Å². The first-order chi connectivity index (χ1) is 8.10. The number of aromatic amines is 1. The molecule has 0 saturated heterocycles. The summed E-state index contributed by atoms with van der Waals surface area (Å²) in [6.45, 7) is 5.92. The highest BCUT2D eigenvalue weighted by molar-refractivity contribution is 7.11. The second kappa shape index (κ2) is 6.35. The van der Waals surface area contributed by atoms with Crippen molar-refractivity contribution in [2.24, 2.45) is 0 Å². The number of aromatic nitrogens is 1. The lowest BCUT2D eigenvalue weighted by Crippen LogP contribution is -2.02. The number of rotatable bonds is 5. The van der Waals surface area contributed by atoms with Gasteiger partial charge in [0.1, 0.15) is 0 Å². The van der Waals surface area contributed by atoms with Crippen molar-refractivity contribution in [3.63, 3.8) is 0 Å². The molecule has 1 rings (SSSR count). The van der Waals surface area contributed by atoms with E-state index >= 15 is 0 Å².